The summed E-state index contributed by atoms with van der Waals surface area (Å²) in [7, 11) is -3.55. The van der Waals surface area contributed by atoms with Gasteiger partial charge >= 0.3 is 0 Å². The van der Waals surface area contributed by atoms with Gasteiger partial charge in [-0.1, -0.05) is 29.8 Å². The first-order valence-electron chi connectivity index (χ1n) is 10.4. The van der Waals surface area contributed by atoms with E-state index in [4.69, 9.17) is 0 Å². The van der Waals surface area contributed by atoms with Gasteiger partial charge in [-0.05, 0) is 63.4 Å². The number of nitrogens with one attached hydrogen (secondary N) is 2. The number of likely N-dealkylation sites (tertiary alicyclic amines) is 1. The van der Waals surface area contributed by atoms with E-state index in [1.807, 2.05) is 11.8 Å². The molecular weight excluding hydrogens is 414 g/mol. The summed E-state index contributed by atoms with van der Waals surface area (Å²) in [6.07, 6.45) is 1.80. The highest BCUT2D eigenvalue weighted by Gasteiger charge is 2.24. The van der Waals surface area contributed by atoms with Crippen LogP contribution in [0.1, 0.15) is 35.7 Å². The van der Waals surface area contributed by atoms with Crippen LogP contribution in [0, 0.1) is 12.8 Å². The molecular formula is C23H29N3O4S. The quantitative estimate of drug-likeness (QED) is 0.612. The SMILES string of the molecule is CC(=O)c1ccccc1NC(=O)CN1CCCC(CNS(=O)(=O)c2ccc(C)cc2)C1. The second-order valence-electron chi connectivity index (χ2n) is 8.06. The van der Waals surface area contributed by atoms with Crippen LogP contribution in [0.4, 0.5) is 5.69 Å². The van der Waals surface area contributed by atoms with Crippen molar-refractivity contribution in [2.45, 2.75) is 31.6 Å². The Morgan fingerprint density at radius 1 is 1.10 bits per heavy atom. The van der Waals surface area contributed by atoms with Gasteiger partial charge in [-0.15, -0.1) is 0 Å². The van der Waals surface area contributed by atoms with E-state index in [1.54, 1.807) is 48.5 Å². The highest BCUT2D eigenvalue weighted by Crippen LogP contribution is 2.19. The Balaban J connectivity index is 1.53. The molecule has 1 aliphatic heterocycles. The van der Waals surface area contributed by atoms with E-state index in [0.29, 0.717) is 24.3 Å². The molecule has 1 heterocycles. The van der Waals surface area contributed by atoms with Gasteiger partial charge in [0, 0.05) is 18.7 Å². The van der Waals surface area contributed by atoms with Gasteiger partial charge in [0.25, 0.3) is 0 Å². The number of carbonyl (C=O) groups excluding carboxylic acids is 2. The number of hydrogen-bond donors (Lipinski definition) is 2. The zero-order chi connectivity index (χ0) is 22.4. The molecule has 3 rings (SSSR count). The maximum absolute atomic E-state index is 12.5. The zero-order valence-corrected chi connectivity index (χ0v) is 18.7. The van der Waals surface area contributed by atoms with E-state index in [9.17, 15) is 18.0 Å². The molecule has 1 fully saturated rings. The number of amides is 1. The van der Waals surface area contributed by atoms with Crippen molar-refractivity contribution in [2.75, 3.05) is 31.5 Å². The monoisotopic (exact) mass is 443 g/mol. The largest absolute Gasteiger partial charge is 0.324 e. The highest BCUT2D eigenvalue weighted by molar-refractivity contribution is 7.89. The number of rotatable bonds is 8. The van der Waals surface area contributed by atoms with Crippen molar-refractivity contribution in [1.82, 2.24) is 9.62 Å². The number of sulfonamides is 1. The average Bonchev–Trinajstić information content (AvgIpc) is 2.73. The second-order valence-corrected chi connectivity index (χ2v) is 9.83. The summed E-state index contributed by atoms with van der Waals surface area (Å²) in [5.74, 6) is -0.157. The van der Waals surface area contributed by atoms with E-state index >= 15 is 0 Å². The molecule has 2 aromatic rings. The maximum atomic E-state index is 12.5. The summed E-state index contributed by atoms with van der Waals surface area (Å²) in [4.78, 5) is 26.5. The molecule has 166 valence electrons. The minimum absolute atomic E-state index is 0.102. The Morgan fingerprint density at radius 2 is 1.81 bits per heavy atom. The lowest BCUT2D eigenvalue weighted by molar-refractivity contribution is -0.117. The van der Waals surface area contributed by atoms with Gasteiger partial charge in [-0.2, -0.15) is 0 Å². The Labute approximate surface area is 183 Å². The average molecular weight is 444 g/mol. The molecule has 8 heteroatoms. The summed E-state index contributed by atoms with van der Waals surface area (Å²) in [6, 6.07) is 13.7. The van der Waals surface area contributed by atoms with E-state index in [2.05, 4.69) is 10.0 Å². The van der Waals surface area contributed by atoms with Gasteiger partial charge < -0.3 is 5.32 Å². The summed E-state index contributed by atoms with van der Waals surface area (Å²) >= 11 is 0. The zero-order valence-electron chi connectivity index (χ0n) is 17.9. The first kappa shape index (κ1) is 23.1. The Bertz CT molecular complexity index is 1040. The standard InChI is InChI=1S/C23H29N3O4S/c1-17-9-11-20(12-10-17)31(29,30)24-14-19-6-5-13-26(15-19)16-23(28)25-22-8-4-3-7-21(22)18(2)27/h3-4,7-12,19,24H,5-6,13-16H2,1-2H3,(H,25,28). The molecule has 1 atom stereocenters. The Kier molecular flexibility index (Phi) is 7.59. The molecule has 0 spiro atoms. The third kappa shape index (κ3) is 6.46. The van der Waals surface area contributed by atoms with Gasteiger partial charge in [-0.25, -0.2) is 13.1 Å². The summed E-state index contributed by atoms with van der Waals surface area (Å²) in [5, 5.41) is 2.82. The Hall–Kier alpha value is -2.55. The highest BCUT2D eigenvalue weighted by atomic mass is 32.2. The molecule has 0 aliphatic carbocycles. The molecule has 2 N–H and O–H groups in total. The van der Waals surface area contributed by atoms with Crippen molar-refractivity contribution < 1.29 is 18.0 Å². The molecule has 0 aromatic heterocycles. The lowest BCUT2D eigenvalue weighted by Gasteiger charge is -2.32. The summed E-state index contributed by atoms with van der Waals surface area (Å²) < 4.78 is 27.7. The lowest BCUT2D eigenvalue weighted by Crippen LogP contribution is -2.43. The fourth-order valence-corrected chi connectivity index (χ4v) is 4.90. The molecule has 1 amide bonds. The molecule has 0 saturated carbocycles. The van der Waals surface area contributed by atoms with Crippen molar-refractivity contribution in [1.29, 1.82) is 0 Å². The number of para-hydroxylation sites is 1. The number of ketones is 1. The minimum Gasteiger partial charge on any atom is -0.324 e. The predicted octanol–water partition coefficient (Wildman–Crippen LogP) is 2.83. The lowest BCUT2D eigenvalue weighted by atomic mass is 9.98. The molecule has 1 saturated heterocycles. The van der Waals surface area contributed by atoms with Crippen LogP contribution in [0.2, 0.25) is 0 Å². The van der Waals surface area contributed by atoms with Gasteiger partial charge in [0.1, 0.15) is 0 Å². The van der Waals surface area contributed by atoms with Gasteiger partial charge in [0.15, 0.2) is 5.78 Å². The number of piperidine rings is 1. The fourth-order valence-electron chi connectivity index (χ4n) is 3.78. The number of benzene rings is 2. The van der Waals surface area contributed by atoms with Crippen LogP contribution in [-0.2, 0) is 14.8 Å². The molecule has 0 radical (unpaired) electrons. The Morgan fingerprint density at radius 3 is 2.52 bits per heavy atom. The van der Waals surface area contributed by atoms with Crippen LogP contribution in [-0.4, -0.2) is 51.2 Å². The minimum atomic E-state index is -3.55. The van der Waals surface area contributed by atoms with Crippen molar-refractivity contribution >= 4 is 27.4 Å². The number of carbonyl (C=O) groups is 2. The molecule has 7 nitrogen and oxygen atoms in total. The van der Waals surface area contributed by atoms with Crippen molar-refractivity contribution in [3.63, 3.8) is 0 Å². The van der Waals surface area contributed by atoms with Crippen LogP contribution >= 0.6 is 0 Å². The third-order valence-electron chi connectivity index (χ3n) is 5.44. The number of nitrogens with zero attached hydrogens (tertiary/aromatic N) is 1. The number of aryl methyl sites for hydroxylation is 1. The van der Waals surface area contributed by atoms with Crippen molar-refractivity contribution in [3.8, 4) is 0 Å². The fraction of sp³-hybridized carbons (Fsp3) is 0.391. The van der Waals surface area contributed by atoms with Crippen LogP contribution < -0.4 is 10.0 Å². The van der Waals surface area contributed by atoms with Crippen LogP contribution in [0.25, 0.3) is 0 Å². The molecule has 31 heavy (non-hydrogen) atoms. The normalized spacial score (nSPS) is 17.3. The number of hydrogen-bond acceptors (Lipinski definition) is 5. The van der Waals surface area contributed by atoms with E-state index in [1.165, 1.54) is 6.92 Å². The number of Topliss-reactive ketones (excluding diaryl/α,β-unsaturated/α-hetero) is 1. The van der Waals surface area contributed by atoms with E-state index in [0.717, 1.165) is 24.9 Å². The van der Waals surface area contributed by atoms with Crippen LogP contribution in [0.3, 0.4) is 0 Å². The molecule has 0 bridgehead atoms. The topological polar surface area (TPSA) is 95.6 Å². The van der Waals surface area contributed by atoms with Crippen molar-refractivity contribution in [2.24, 2.45) is 5.92 Å². The van der Waals surface area contributed by atoms with E-state index in [-0.39, 0.29) is 29.0 Å². The first-order chi connectivity index (χ1) is 14.7. The smallest absolute Gasteiger partial charge is 0.240 e. The summed E-state index contributed by atoms with van der Waals surface area (Å²) in [5.41, 5.74) is 2.00. The molecule has 2 aromatic carbocycles. The first-order valence-corrected chi connectivity index (χ1v) is 11.9. The van der Waals surface area contributed by atoms with Gasteiger partial charge in [-0.3, -0.25) is 14.5 Å². The number of anilines is 1. The third-order valence-corrected chi connectivity index (χ3v) is 6.88. The molecule has 1 aliphatic rings. The predicted molar refractivity (Wildman–Crippen MR) is 121 cm³/mol. The molecule has 1 unspecified atom stereocenters. The van der Waals surface area contributed by atoms with Crippen LogP contribution in [0.5, 0.6) is 0 Å². The second kappa shape index (κ2) is 10.2. The van der Waals surface area contributed by atoms with Gasteiger partial charge in [0.05, 0.1) is 17.1 Å². The maximum Gasteiger partial charge on any atom is 0.240 e. The van der Waals surface area contributed by atoms with Crippen molar-refractivity contribution in [3.05, 3.63) is 59.7 Å². The van der Waals surface area contributed by atoms with E-state index < -0.39 is 10.0 Å². The van der Waals surface area contributed by atoms with Gasteiger partial charge in [0.2, 0.25) is 15.9 Å². The summed E-state index contributed by atoms with van der Waals surface area (Å²) in [6.45, 7) is 5.34. The van der Waals surface area contributed by atoms with Crippen LogP contribution in [0.15, 0.2) is 53.4 Å².